The number of nitrogens with one attached hydrogen (secondary N) is 1. The number of fused-ring (bicyclic) bond motifs is 1. The number of rotatable bonds is 5. The average molecular weight is 533 g/mol. The Hall–Kier alpha value is -3.52. The van der Waals surface area contributed by atoms with Crippen LogP contribution in [0.4, 0.5) is 5.69 Å². The van der Waals surface area contributed by atoms with Gasteiger partial charge in [0.05, 0.1) is 20.1 Å². The van der Waals surface area contributed by atoms with Gasteiger partial charge >= 0.3 is 0 Å². The van der Waals surface area contributed by atoms with Crippen LogP contribution in [0, 0.1) is 6.92 Å². The fourth-order valence-corrected chi connectivity index (χ4v) is 5.78. The third kappa shape index (κ3) is 4.91. The van der Waals surface area contributed by atoms with Crippen molar-refractivity contribution in [2.75, 3.05) is 11.6 Å². The molecule has 0 saturated heterocycles. The average Bonchev–Trinajstić information content (AvgIpc) is 3.29. The van der Waals surface area contributed by atoms with E-state index in [4.69, 9.17) is 11.6 Å². The first-order valence-electron chi connectivity index (χ1n) is 11.1. The summed E-state index contributed by atoms with van der Waals surface area (Å²) < 4.78 is 25.4. The second kappa shape index (κ2) is 9.50. The maximum absolute atomic E-state index is 13.4. The maximum atomic E-state index is 13.4. The summed E-state index contributed by atoms with van der Waals surface area (Å²) in [6.07, 6.45) is 1.15. The van der Waals surface area contributed by atoms with Gasteiger partial charge in [-0.25, -0.2) is 13.4 Å². The van der Waals surface area contributed by atoms with E-state index < -0.39 is 9.84 Å². The molecule has 0 saturated carbocycles. The van der Waals surface area contributed by atoms with Crippen LogP contribution in [0.25, 0.3) is 31.9 Å². The number of carbonyl (C=O) groups is 1. The van der Waals surface area contributed by atoms with Gasteiger partial charge in [-0.1, -0.05) is 53.6 Å². The lowest BCUT2D eigenvalue weighted by atomic mass is 9.98. The van der Waals surface area contributed by atoms with Crippen LogP contribution in [-0.4, -0.2) is 25.6 Å². The van der Waals surface area contributed by atoms with Crippen molar-refractivity contribution in [3.8, 4) is 21.7 Å². The summed E-state index contributed by atoms with van der Waals surface area (Å²) in [4.78, 5) is 18.2. The van der Waals surface area contributed by atoms with Crippen LogP contribution in [0.15, 0.2) is 89.8 Å². The number of aryl methyl sites for hydroxylation is 1. The summed E-state index contributed by atoms with van der Waals surface area (Å²) in [6.45, 7) is 1.97. The molecule has 0 fully saturated rings. The maximum Gasteiger partial charge on any atom is 0.256 e. The van der Waals surface area contributed by atoms with E-state index in [0.29, 0.717) is 21.8 Å². The van der Waals surface area contributed by atoms with E-state index in [1.54, 1.807) is 30.3 Å². The summed E-state index contributed by atoms with van der Waals surface area (Å²) in [6, 6.07) is 25.3. The zero-order chi connectivity index (χ0) is 25.4. The molecule has 1 aromatic heterocycles. The van der Waals surface area contributed by atoms with Crippen LogP contribution in [-0.2, 0) is 9.84 Å². The lowest BCUT2D eigenvalue weighted by Gasteiger charge is -2.13. The Morgan fingerprint density at radius 3 is 2.39 bits per heavy atom. The fourth-order valence-electron chi connectivity index (χ4n) is 3.88. The highest BCUT2D eigenvalue weighted by Gasteiger charge is 2.18. The number of hydrogen-bond acceptors (Lipinski definition) is 5. The summed E-state index contributed by atoms with van der Waals surface area (Å²) >= 11 is 8.02. The van der Waals surface area contributed by atoms with E-state index in [2.05, 4.69) is 10.3 Å². The minimum absolute atomic E-state index is 0.152. The quantitative estimate of drug-likeness (QED) is 0.258. The zero-order valence-electron chi connectivity index (χ0n) is 19.4. The standard InChI is InChI=1S/C28H21ClN2O3S2/c1-17-7-9-18(10-8-17)22-16-20(36(2,33)34)12-13-21(22)27(32)30-19-11-14-24(29)23(15-19)28-31-25-5-3-4-6-26(25)35-28/h3-16H,1-2H3,(H,30,32). The molecule has 0 aliphatic carbocycles. The molecule has 5 nitrogen and oxygen atoms in total. The number of hydrogen-bond donors (Lipinski definition) is 1. The number of sulfone groups is 1. The molecule has 1 amide bonds. The predicted molar refractivity (Wildman–Crippen MR) is 148 cm³/mol. The normalized spacial score (nSPS) is 11.5. The van der Waals surface area contributed by atoms with Crippen LogP contribution in [0.1, 0.15) is 15.9 Å². The number of amides is 1. The molecule has 0 aliphatic heterocycles. The summed E-state index contributed by atoms with van der Waals surface area (Å²) in [5.74, 6) is -0.358. The third-order valence-corrected chi connectivity index (χ3v) is 8.28. The van der Waals surface area contributed by atoms with Crippen molar-refractivity contribution in [2.45, 2.75) is 11.8 Å². The molecule has 0 spiro atoms. The van der Waals surface area contributed by atoms with E-state index in [1.165, 1.54) is 17.4 Å². The van der Waals surface area contributed by atoms with Crippen molar-refractivity contribution >= 4 is 54.6 Å². The first-order valence-corrected chi connectivity index (χ1v) is 14.2. The first kappa shape index (κ1) is 24.2. The van der Waals surface area contributed by atoms with E-state index in [9.17, 15) is 13.2 Å². The molecular weight excluding hydrogens is 512 g/mol. The number of aromatic nitrogens is 1. The minimum atomic E-state index is -3.45. The van der Waals surface area contributed by atoms with Crippen molar-refractivity contribution in [2.24, 2.45) is 0 Å². The molecule has 1 heterocycles. The number of anilines is 1. The topological polar surface area (TPSA) is 76.1 Å². The molecule has 0 radical (unpaired) electrons. The Bertz CT molecular complexity index is 1690. The highest BCUT2D eigenvalue weighted by atomic mass is 35.5. The molecule has 0 atom stereocenters. The molecule has 4 aromatic carbocycles. The van der Waals surface area contributed by atoms with Crippen LogP contribution in [0.3, 0.4) is 0 Å². The van der Waals surface area contributed by atoms with Gasteiger partial charge in [0.1, 0.15) is 5.01 Å². The highest BCUT2D eigenvalue weighted by Crippen LogP contribution is 2.36. The molecule has 180 valence electrons. The molecule has 36 heavy (non-hydrogen) atoms. The van der Waals surface area contributed by atoms with Gasteiger partial charge < -0.3 is 5.32 Å². The smallest absolute Gasteiger partial charge is 0.256 e. The van der Waals surface area contributed by atoms with Crippen molar-refractivity contribution < 1.29 is 13.2 Å². The van der Waals surface area contributed by atoms with E-state index in [1.807, 2.05) is 55.5 Å². The molecule has 0 aliphatic rings. The fraction of sp³-hybridized carbons (Fsp3) is 0.0714. The monoisotopic (exact) mass is 532 g/mol. The predicted octanol–water partition coefficient (Wildman–Crippen LogP) is 7.25. The number of nitrogens with zero attached hydrogens (tertiary/aromatic N) is 1. The largest absolute Gasteiger partial charge is 0.322 e. The number of carbonyl (C=O) groups excluding carboxylic acids is 1. The number of halogens is 1. The minimum Gasteiger partial charge on any atom is -0.322 e. The number of benzene rings is 4. The van der Waals surface area contributed by atoms with Gasteiger partial charge in [0.2, 0.25) is 0 Å². The zero-order valence-corrected chi connectivity index (χ0v) is 21.8. The Kier molecular flexibility index (Phi) is 6.38. The molecule has 5 aromatic rings. The van der Waals surface area contributed by atoms with Gasteiger partial charge in [0, 0.05) is 23.1 Å². The van der Waals surface area contributed by atoms with Gasteiger partial charge in [-0.2, -0.15) is 0 Å². The van der Waals surface area contributed by atoms with Gasteiger partial charge in [-0.05, 0) is 66.6 Å². The SMILES string of the molecule is Cc1ccc(-c2cc(S(C)(=O)=O)ccc2C(=O)Nc2ccc(Cl)c(-c3nc4ccccc4s3)c2)cc1. The van der Waals surface area contributed by atoms with E-state index in [-0.39, 0.29) is 10.8 Å². The van der Waals surface area contributed by atoms with Crippen molar-refractivity contribution in [1.82, 2.24) is 4.98 Å². The molecule has 8 heteroatoms. The molecule has 1 N–H and O–H groups in total. The van der Waals surface area contributed by atoms with Gasteiger partial charge in [0.15, 0.2) is 9.84 Å². The first-order chi connectivity index (χ1) is 17.2. The number of para-hydroxylation sites is 1. The third-order valence-electron chi connectivity index (χ3n) is 5.77. The lowest BCUT2D eigenvalue weighted by Crippen LogP contribution is -2.14. The van der Waals surface area contributed by atoms with E-state index >= 15 is 0 Å². The number of thiazole rings is 1. The van der Waals surface area contributed by atoms with Crippen LogP contribution in [0.2, 0.25) is 5.02 Å². The second-order valence-corrected chi connectivity index (χ2v) is 11.9. The van der Waals surface area contributed by atoms with Crippen molar-refractivity contribution in [3.63, 3.8) is 0 Å². The van der Waals surface area contributed by atoms with Crippen molar-refractivity contribution in [1.29, 1.82) is 0 Å². The Morgan fingerprint density at radius 2 is 1.67 bits per heavy atom. The highest BCUT2D eigenvalue weighted by molar-refractivity contribution is 7.90. The molecule has 0 bridgehead atoms. The summed E-state index contributed by atoms with van der Waals surface area (Å²) in [7, 11) is -3.45. The van der Waals surface area contributed by atoms with Crippen LogP contribution < -0.4 is 5.32 Å². The summed E-state index contributed by atoms with van der Waals surface area (Å²) in [5, 5.41) is 4.23. The molecule has 5 rings (SSSR count). The van der Waals surface area contributed by atoms with Gasteiger partial charge in [-0.15, -0.1) is 11.3 Å². The van der Waals surface area contributed by atoms with E-state index in [0.717, 1.165) is 38.2 Å². The van der Waals surface area contributed by atoms with Gasteiger partial charge in [0.25, 0.3) is 5.91 Å². The van der Waals surface area contributed by atoms with Crippen LogP contribution in [0.5, 0.6) is 0 Å². The molecular formula is C28H21ClN2O3S2. The Labute approximate surface area is 218 Å². The summed E-state index contributed by atoms with van der Waals surface area (Å²) in [5.41, 5.74) is 4.88. The van der Waals surface area contributed by atoms with Crippen LogP contribution >= 0.6 is 22.9 Å². The second-order valence-electron chi connectivity index (χ2n) is 8.48. The Balaban J connectivity index is 1.52. The van der Waals surface area contributed by atoms with Gasteiger partial charge in [-0.3, -0.25) is 4.79 Å². The Morgan fingerprint density at radius 1 is 0.917 bits per heavy atom. The lowest BCUT2D eigenvalue weighted by molar-refractivity contribution is 0.102. The van der Waals surface area contributed by atoms with Crippen molar-refractivity contribution in [3.05, 3.63) is 101 Å². The molecule has 0 unspecified atom stereocenters.